The average Bonchev–Trinajstić information content (AvgIpc) is 2.64. The summed E-state index contributed by atoms with van der Waals surface area (Å²) in [5, 5.41) is 16.2. The van der Waals surface area contributed by atoms with Gasteiger partial charge in [-0.1, -0.05) is 6.92 Å². The van der Waals surface area contributed by atoms with Crippen molar-refractivity contribution in [2.75, 3.05) is 6.54 Å². The summed E-state index contributed by atoms with van der Waals surface area (Å²) in [4.78, 5) is 11.1. The molecule has 0 saturated heterocycles. The van der Waals surface area contributed by atoms with Gasteiger partial charge in [0.15, 0.2) is 0 Å². The molecule has 0 radical (unpaired) electrons. The number of carbonyl (C=O) groups is 1. The Hall–Kier alpha value is -0.880. The molecule has 6 heteroatoms. The highest BCUT2D eigenvalue weighted by molar-refractivity contribution is 9.10. The molecule has 1 rings (SSSR count). The Morgan fingerprint density at radius 2 is 2.44 bits per heavy atom. The Kier molecular flexibility index (Phi) is 4.95. The van der Waals surface area contributed by atoms with E-state index in [4.69, 9.17) is 5.11 Å². The Bertz CT molecular complexity index is 354. The number of aliphatic carboxylic acids is 1. The van der Waals surface area contributed by atoms with E-state index in [9.17, 15) is 4.79 Å². The van der Waals surface area contributed by atoms with Crippen molar-refractivity contribution in [2.24, 2.45) is 0 Å². The standard InChI is InChI=1S/C10H16BrN3O2/c1-3-4-12-9(10(15)16)7(2)14-6-8(11)5-13-14/h5-7,9,12H,3-4H2,1-2H3,(H,15,16). The summed E-state index contributed by atoms with van der Waals surface area (Å²) in [7, 11) is 0. The van der Waals surface area contributed by atoms with Crippen LogP contribution >= 0.6 is 15.9 Å². The average molecular weight is 290 g/mol. The third-order valence-electron chi connectivity index (χ3n) is 2.35. The fraction of sp³-hybridized carbons (Fsp3) is 0.600. The van der Waals surface area contributed by atoms with E-state index in [-0.39, 0.29) is 6.04 Å². The van der Waals surface area contributed by atoms with E-state index in [2.05, 4.69) is 26.3 Å². The lowest BCUT2D eigenvalue weighted by Crippen LogP contribution is -2.43. The summed E-state index contributed by atoms with van der Waals surface area (Å²) in [6.45, 7) is 4.52. The van der Waals surface area contributed by atoms with Crippen LogP contribution in [0.5, 0.6) is 0 Å². The quantitative estimate of drug-likeness (QED) is 0.836. The largest absolute Gasteiger partial charge is 0.480 e. The van der Waals surface area contributed by atoms with Crippen LogP contribution in [0.15, 0.2) is 16.9 Å². The molecule has 0 fully saturated rings. The lowest BCUT2D eigenvalue weighted by molar-refractivity contribution is -0.140. The summed E-state index contributed by atoms with van der Waals surface area (Å²) in [6, 6.07) is -0.845. The maximum absolute atomic E-state index is 11.1. The van der Waals surface area contributed by atoms with Gasteiger partial charge in [0.05, 0.1) is 16.7 Å². The minimum atomic E-state index is -0.854. The second kappa shape index (κ2) is 6.00. The second-order valence-corrected chi connectivity index (χ2v) is 4.56. The van der Waals surface area contributed by atoms with E-state index in [0.29, 0.717) is 6.54 Å². The highest BCUT2D eigenvalue weighted by atomic mass is 79.9. The molecule has 0 amide bonds. The van der Waals surface area contributed by atoms with Crippen LogP contribution in [0.3, 0.4) is 0 Å². The summed E-state index contributed by atoms with van der Waals surface area (Å²) in [5.74, 6) is -0.854. The maximum atomic E-state index is 11.1. The smallest absolute Gasteiger partial charge is 0.322 e. The highest BCUT2D eigenvalue weighted by Gasteiger charge is 2.25. The Balaban J connectivity index is 2.74. The predicted molar refractivity (Wildman–Crippen MR) is 64.4 cm³/mol. The number of hydrogen-bond acceptors (Lipinski definition) is 3. The van der Waals surface area contributed by atoms with E-state index in [1.54, 1.807) is 17.1 Å². The molecular formula is C10H16BrN3O2. The maximum Gasteiger partial charge on any atom is 0.322 e. The second-order valence-electron chi connectivity index (χ2n) is 3.65. The van der Waals surface area contributed by atoms with Gasteiger partial charge in [0.25, 0.3) is 0 Å². The fourth-order valence-corrected chi connectivity index (χ4v) is 1.76. The summed E-state index contributed by atoms with van der Waals surface area (Å²) in [5.41, 5.74) is 0. The molecule has 0 aliphatic rings. The van der Waals surface area contributed by atoms with Gasteiger partial charge in [0.2, 0.25) is 0 Å². The molecule has 5 nitrogen and oxygen atoms in total. The first-order valence-corrected chi connectivity index (χ1v) is 6.01. The van der Waals surface area contributed by atoms with Crippen LogP contribution in [0.1, 0.15) is 26.3 Å². The molecule has 0 saturated carbocycles. The molecule has 16 heavy (non-hydrogen) atoms. The number of halogens is 1. The molecule has 0 aliphatic carbocycles. The van der Waals surface area contributed by atoms with Crippen molar-refractivity contribution in [1.29, 1.82) is 0 Å². The van der Waals surface area contributed by atoms with Crippen LogP contribution in [-0.4, -0.2) is 33.4 Å². The van der Waals surface area contributed by atoms with E-state index >= 15 is 0 Å². The number of carboxylic acid groups (broad SMARTS) is 1. The molecule has 90 valence electrons. The van der Waals surface area contributed by atoms with Gasteiger partial charge in [-0.2, -0.15) is 5.10 Å². The summed E-state index contributed by atoms with van der Waals surface area (Å²) >= 11 is 3.29. The van der Waals surface area contributed by atoms with Gasteiger partial charge in [-0.25, -0.2) is 0 Å². The zero-order valence-corrected chi connectivity index (χ0v) is 10.9. The normalized spacial score (nSPS) is 14.7. The Morgan fingerprint density at radius 3 is 2.88 bits per heavy atom. The third-order valence-corrected chi connectivity index (χ3v) is 2.76. The predicted octanol–water partition coefficient (Wildman–Crippen LogP) is 1.66. The summed E-state index contributed by atoms with van der Waals surface area (Å²) < 4.78 is 2.49. The first-order valence-electron chi connectivity index (χ1n) is 5.22. The van der Waals surface area contributed by atoms with Crippen molar-refractivity contribution < 1.29 is 9.90 Å². The molecule has 0 spiro atoms. The Morgan fingerprint density at radius 1 is 1.75 bits per heavy atom. The topological polar surface area (TPSA) is 67.2 Å². The van der Waals surface area contributed by atoms with Gasteiger partial charge in [0.1, 0.15) is 6.04 Å². The van der Waals surface area contributed by atoms with Crippen molar-refractivity contribution in [3.8, 4) is 0 Å². The zero-order chi connectivity index (χ0) is 12.1. The number of nitrogens with one attached hydrogen (secondary N) is 1. The molecule has 1 heterocycles. The van der Waals surface area contributed by atoms with E-state index in [0.717, 1.165) is 10.9 Å². The van der Waals surface area contributed by atoms with Crippen LogP contribution in [0.25, 0.3) is 0 Å². The zero-order valence-electron chi connectivity index (χ0n) is 9.35. The van der Waals surface area contributed by atoms with Crippen LogP contribution in [-0.2, 0) is 4.79 Å². The van der Waals surface area contributed by atoms with Gasteiger partial charge < -0.3 is 10.4 Å². The minimum Gasteiger partial charge on any atom is -0.480 e. The van der Waals surface area contributed by atoms with Gasteiger partial charge in [-0.3, -0.25) is 9.48 Å². The van der Waals surface area contributed by atoms with Crippen molar-refractivity contribution >= 4 is 21.9 Å². The molecule has 2 atom stereocenters. The molecule has 0 aliphatic heterocycles. The number of aromatic nitrogens is 2. The lowest BCUT2D eigenvalue weighted by atomic mass is 10.1. The number of carboxylic acids is 1. The van der Waals surface area contributed by atoms with Crippen molar-refractivity contribution in [2.45, 2.75) is 32.4 Å². The van der Waals surface area contributed by atoms with Gasteiger partial charge in [0, 0.05) is 6.20 Å². The first-order chi connectivity index (χ1) is 7.56. The van der Waals surface area contributed by atoms with Crippen molar-refractivity contribution in [3.63, 3.8) is 0 Å². The van der Waals surface area contributed by atoms with Crippen molar-refractivity contribution in [3.05, 3.63) is 16.9 Å². The van der Waals surface area contributed by atoms with E-state index in [1.807, 2.05) is 13.8 Å². The van der Waals surface area contributed by atoms with Gasteiger partial charge in [-0.15, -0.1) is 0 Å². The Labute approximate surface area is 103 Å². The molecule has 1 aromatic heterocycles. The van der Waals surface area contributed by atoms with Gasteiger partial charge >= 0.3 is 5.97 Å². The lowest BCUT2D eigenvalue weighted by Gasteiger charge is -2.21. The number of hydrogen-bond donors (Lipinski definition) is 2. The highest BCUT2D eigenvalue weighted by Crippen LogP contribution is 2.14. The molecular weight excluding hydrogens is 274 g/mol. The first kappa shape index (κ1) is 13.2. The number of rotatable bonds is 6. The fourth-order valence-electron chi connectivity index (χ4n) is 1.45. The molecule has 2 unspecified atom stereocenters. The van der Waals surface area contributed by atoms with Crippen LogP contribution < -0.4 is 5.32 Å². The van der Waals surface area contributed by atoms with Gasteiger partial charge in [-0.05, 0) is 35.8 Å². The molecule has 2 N–H and O–H groups in total. The SMILES string of the molecule is CCCNC(C(=O)O)C(C)n1cc(Br)cn1. The van der Waals surface area contributed by atoms with Crippen LogP contribution in [0.4, 0.5) is 0 Å². The van der Waals surface area contributed by atoms with E-state index in [1.165, 1.54) is 0 Å². The third kappa shape index (κ3) is 3.31. The minimum absolute atomic E-state index is 0.227. The van der Waals surface area contributed by atoms with Crippen LogP contribution in [0, 0.1) is 0 Å². The molecule has 0 bridgehead atoms. The van der Waals surface area contributed by atoms with E-state index < -0.39 is 12.0 Å². The number of nitrogens with zero attached hydrogens (tertiary/aromatic N) is 2. The van der Waals surface area contributed by atoms with Crippen LogP contribution in [0.2, 0.25) is 0 Å². The monoisotopic (exact) mass is 289 g/mol. The van der Waals surface area contributed by atoms with Crippen molar-refractivity contribution in [1.82, 2.24) is 15.1 Å². The summed E-state index contributed by atoms with van der Waals surface area (Å²) in [6.07, 6.45) is 4.32. The molecule has 1 aromatic rings. The molecule has 0 aromatic carbocycles.